The molecule has 0 radical (unpaired) electrons. The normalized spacial score (nSPS) is 18.9. The molecule has 2 unspecified atom stereocenters. The van der Waals surface area contributed by atoms with Crippen molar-refractivity contribution in [2.24, 2.45) is 13.0 Å². The zero-order valence-corrected chi connectivity index (χ0v) is 17.0. The van der Waals surface area contributed by atoms with Crippen molar-refractivity contribution in [1.82, 2.24) is 20.1 Å². The molecule has 0 bridgehead atoms. The van der Waals surface area contributed by atoms with Gasteiger partial charge < -0.3 is 10.2 Å². The predicted octanol–water partition coefficient (Wildman–Crippen LogP) is 2.55. The quantitative estimate of drug-likeness (QED) is 0.720. The van der Waals surface area contributed by atoms with Crippen molar-refractivity contribution in [2.75, 3.05) is 18.0 Å². The van der Waals surface area contributed by atoms with Gasteiger partial charge in [0.1, 0.15) is 17.4 Å². The van der Waals surface area contributed by atoms with Crippen LogP contribution in [-0.4, -0.2) is 39.8 Å². The molecule has 30 heavy (non-hydrogen) atoms. The first-order chi connectivity index (χ1) is 14.4. The molecule has 3 aromatic rings. The number of carbonyl (C=O) groups is 1. The molecule has 154 valence electrons. The number of nitriles is 1. The number of aryl methyl sites for hydroxylation is 1. The molecule has 0 saturated carbocycles. The summed E-state index contributed by atoms with van der Waals surface area (Å²) in [5, 5.41) is 17.3. The van der Waals surface area contributed by atoms with Gasteiger partial charge in [-0.2, -0.15) is 10.4 Å². The van der Waals surface area contributed by atoms with Gasteiger partial charge in [-0.1, -0.05) is 6.92 Å². The molecule has 8 heteroatoms. The number of nitrogens with zero attached hydrogens (tertiary/aromatic N) is 5. The van der Waals surface area contributed by atoms with Crippen LogP contribution in [0.15, 0.2) is 36.8 Å². The van der Waals surface area contributed by atoms with Crippen LogP contribution in [0.5, 0.6) is 0 Å². The molecule has 1 amide bonds. The number of piperidine rings is 1. The van der Waals surface area contributed by atoms with Crippen molar-refractivity contribution in [3.63, 3.8) is 0 Å². The Morgan fingerprint density at radius 1 is 1.43 bits per heavy atom. The minimum atomic E-state index is -0.575. The van der Waals surface area contributed by atoms with Crippen LogP contribution in [0.2, 0.25) is 0 Å². The van der Waals surface area contributed by atoms with E-state index in [4.69, 9.17) is 0 Å². The zero-order chi connectivity index (χ0) is 21.3. The van der Waals surface area contributed by atoms with Crippen LogP contribution >= 0.6 is 0 Å². The van der Waals surface area contributed by atoms with Crippen LogP contribution in [0.25, 0.3) is 10.9 Å². The summed E-state index contributed by atoms with van der Waals surface area (Å²) in [6, 6.07) is 6.91. The van der Waals surface area contributed by atoms with E-state index in [0.717, 1.165) is 23.9 Å². The Morgan fingerprint density at radius 2 is 2.27 bits per heavy atom. The second-order valence-electron chi connectivity index (χ2n) is 7.97. The molecule has 1 saturated heterocycles. The summed E-state index contributed by atoms with van der Waals surface area (Å²) in [5.74, 6) is -0.318. The number of carbonyl (C=O) groups excluding carboxylic acids is 1. The second-order valence-corrected chi connectivity index (χ2v) is 7.97. The maximum atomic E-state index is 14.6. The minimum Gasteiger partial charge on any atom is -0.369 e. The number of fused-ring (bicyclic) bond motifs is 1. The molecule has 1 fully saturated rings. The maximum absolute atomic E-state index is 14.6. The number of amides is 1. The molecular formula is C22H23FN6O. The van der Waals surface area contributed by atoms with Gasteiger partial charge in [0.15, 0.2) is 0 Å². The molecule has 1 aliphatic heterocycles. The highest BCUT2D eigenvalue weighted by Crippen LogP contribution is 2.33. The van der Waals surface area contributed by atoms with Crippen LogP contribution in [0.1, 0.15) is 24.5 Å². The number of hydrogen-bond donors (Lipinski definition) is 1. The van der Waals surface area contributed by atoms with E-state index in [2.05, 4.69) is 27.2 Å². The van der Waals surface area contributed by atoms with E-state index < -0.39 is 5.82 Å². The Morgan fingerprint density at radius 3 is 3.00 bits per heavy atom. The fourth-order valence-electron chi connectivity index (χ4n) is 4.24. The van der Waals surface area contributed by atoms with E-state index >= 15 is 0 Å². The average molecular weight is 406 g/mol. The number of aromatic nitrogens is 3. The van der Waals surface area contributed by atoms with E-state index in [9.17, 15) is 14.4 Å². The van der Waals surface area contributed by atoms with Gasteiger partial charge in [-0.05, 0) is 36.1 Å². The number of nitrogens with one attached hydrogen (secondary N) is 1. The maximum Gasteiger partial charge on any atom is 0.224 e. The second kappa shape index (κ2) is 8.11. The Balaban J connectivity index is 1.57. The fourth-order valence-corrected chi connectivity index (χ4v) is 4.24. The highest BCUT2D eigenvalue weighted by Gasteiger charge is 2.28. The van der Waals surface area contributed by atoms with Crippen LogP contribution in [0.4, 0.5) is 10.1 Å². The third-order valence-corrected chi connectivity index (χ3v) is 5.42. The standard InChI is InChI=1S/C22H23FN6O/c1-14-6-16(27-21(30)7-15-10-26-28(2)12-15)13-29(11-14)20-8-19(23)18(9-24)22-17(20)4-3-5-25-22/h3-5,8,10,12,14,16H,6-7,11,13H2,1-2H3,(H,27,30). The SMILES string of the molecule is CC1CC(NC(=O)Cc2cnn(C)c2)CN(c2cc(F)c(C#N)c3ncccc23)C1. The molecule has 0 spiro atoms. The molecule has 1 N–H and O–H groups in total. The minimum absolute atomic E-state index is 0.0410. The highest BCUT2D eigenvalue weighted by atomic mass is 19.1. The highest BCUT2D eigenvalue weighted by molar-refractivity contribution is 5.95. The number of pyridine rings is 1. The van der Waals surface area contributed by atoms with Crippen molar-refractivity contribution in [3.05, 3.63) is 53.7 Å². The lowest BCUT2D eigenvalue weighted by Gasteiger charge is -2.38. The summed E-state index contributed by atoms with van der Waals surface area (Å²) in [6.07, 6.45) is 6.20. The number of anilines is 1. The van der Waals surface area contributed by atoms with E-state index in [1.165, 1.54) is 6.07 Å². The van der Waals surface area contributed by atoms with Crippen molar-refractivity contribution in [1.29, 1.82) is 5.26 Å². The van der Waals surface area contributed by atoms with Crippen LogP contribution in [-0.2, 0) is 18.3 Å². The third-order valence-electron chi connectivity index (χ3n) is 5.42. The predicted molar refractivity (Wildman–Crippen MR) is 111 cm³/mol. The summed E-state index contributed by atoms with van der Waals surface area (Å²) in [6.45, 7) is 3.43. The van der Waals surface area contributed by atoms with E-state index in [0.29, 0.717) is 23.7 Å². The van der Waals surface area contributed by atoms with Crippen molar-refractivity contribution in [2.45, 2.75) is 25.8 Å². The number of hydrogen-bond acceptors (Lipinski definition) is 5. The molecular weight excluding hydrogens is 383 g/mol. The lowest BCUT2D eigenvalue weighted by molar-refractivity contribution is -0.121. The van der Waals surface area contributed by atoms with Gasteiger partial charge in [-0.15, -0.1) is 0 Å². The molecule has 3 heterocycles. The Hall–Kier alpha value is -3.47. The summed E-state index contributed by atoms with van der Waals surface area (Å²) in [4.78, 5) is 18.8. The monoisotopic (exact) mass is 406 g/mol. The topological polar surface area (TPSA) is 86.8 Å². The van der Waals surface area contributed by atoms with Gasteiger partial charge in [0.25, 0.3) is 0 Å². The number of halogens is 1. The van der Waals surface area contributed by atoms with Crippen molar-refractivity contribution < 1.29 is 9.18 Å². The number of benzene rings is 1. The molecule has 2 aromatic heterocycles. The summed E-state index contributed by atoms with van der Waals surface area (Å²) in [5.41, 5.74) is 1.89. The first-order valence-electron chi connectivity index (χ1n) is 9.93. The van der Waals surface area contributed by atoms with Crippen LogP contribution in [0.3, 0.4) is 0 Å². The van der Waals surface area contributed by atoms with Gasteiger partial charge in [-0.3, -0.25) is 14.5 Å². The fraction of sp³-hybridized carbons (Fsp3) is 0.364. The van der Waals surface area contributed by atoms with Crippen molar-refractivity contribution >= 4 is 22.5 Å². The van der Waals surface area contributed by atoms with Crippen molar-refractivity contribution in [3.8, 4) is 6.07 Å². The zero-order valence-electron chi connectivity index (χ0n) is 17.0. The Kier molecular flexibility index (Phi) is 5.36. The van der Waals surface area contributed by atoms with Crippen LogP contribution < -0.4 is 10.2 Å². The summed E-state index contributed by atoms with van der Waals surface area (Å²) < 4.78 is 16.3. The van der Waals surface area contributed by atoms with Gasteiger partial charge in [0.2, 0.25) is 5.91 Å². The van der Waals surface area contributed by atoms with E-state index in [1.807, 2.05) is 25.4 Å². The van der Waals surface area contributed by atoms with E-state index in [-0.39, 0.29) is 23.9 Å². The average Bonchev–Trinajstić information content (AvgIpc) is 3.11. The molecule has 2 atom stereocenters. The molecule has 1 aliphatic rings. The Labute approximate surface area is 174 Å². The summed E-state index contributed by atoms with van der Waals surface area (Å²) >= 11 is 0. The van der Waals surface area contributed by atoms with Gasteiger partial charge in [0, 0.05) is 49.6 Å². The van der Waals surface area contributed by atoms with Crippen LogP contribution in [0, 0.1) is 23.1 Å². The van der Waals surface area contributed by atoms with Gasteiger partial charge >= 0.3 is 0 Å². The third kappa shape index (κ3) is 3.96. The lowest BCUT2D eigenvalue weighted by atomic mass is 9.94. The molecule has 4 rings (SSSR count). The van der Waals surface area contributed by atoms with E-state index in [1.54, 1.807) is 23.1 Å². The summed E-state index contributed by atoms with van der Waals surface area (Å²) in [7, 11) is 1.82. The molecule has 0 aliphatic carbocycles. The smallest absolute Gasteiger partial charge is 0.224 e. The molecule has 1 aromatic carbocycles. The lowest BCUT2D eigenvalue weighted by Crippen LogP contribution is -2.50. The largest absolute Gasteiger partial charge is 0.369 e. The first-order valence-corrected chi connectivity index (χ1v) is 9.93. The Bertz CT molecular complexity index is 1130. The van der Waals surface area contributed by atoms with Gasteiger partial charge in [0.05, 0.1) is 18.1 Å². The molecule has 7 nitrogen and oxygen atoms in total. The first kappa shape index (κ1) is 19.8. The van der Waals surface area contributed by atoms with Gasteiger partial charge in [-0.25, -0.2) is 4.39 Å². The number of rotatable bonds is 4.